The van der Waals surface area contributed by atoms with Crippen LogP contribution in [-0.4, -0.2) is 30.4 Å². The molecule has 0 aromatic heterocycles. The number of aryl methyl sites for hydroxylation is 1. The van der Waals surface area contributed by atoms with Crippen LogP contribution < -0.4 is 5.73 Å². The van der Waals surface area contributed by atoms with Crippen molar-refractivity contribution in [3.05, 3.63) is 34.3 Å². The van der Waals surface area contributed by atoms with Gasteiger partial charge in [-0.1, -0.05) is 35.0 Å². The van der Waals surface area contributed by atoms with Crippen molar-refractivity contribution in [2.24, 2.45) is 11.1 Å². The highest BCUT2D eigenvalue weighted by molar-refractivity contribution is 9.10. The van der Waals surface area contributed by atoms with Crippen LogP contribution in [0, 0.1) is 5.41 Å². The minimum Gasteiger partial charge on any atom is -0.342 e. The molecule has 1 aromatic carbocycles. The van der Waals surface area contributed by atoms with E-state index in [1.54, 1.807) is 0 Å². The molecular formula is C15H21BrN2O. The number of nitrogens with two attached hydrogens (primary N) is 1. The van der Waals surface area contributed by atoms with E-state index in [9.17, 15) is 4.79 Å². The van der Waals surface area contributed by atoms with E-state index in [0.717, 1.165) is 30.4 Å². The maximum absolute atomic E-state index is 12.2. The first-order chi connectivity index (χ1) is 9.02. The van der Waals surface area contributed by atoms with E-state index in [1.165, 1.54) is 5.56 Å². The van der Waals surface area contributed by atoms with Gasteiger partial charge in [0.2, 0.25) is 5.91 Å². The maximum Gasteiger partial charge on any atom is 0.222 e. The number of rotatable bonds is 4. The van der Waals surface area contributed by atoms with Gasteiger partial charge in [-0.15, -0.1) is 0 Å². The van der Waals surface area contributed by atoms with Gasteiger partial charge in [-0.05, 0) is 42.5 Å². The van der Waals surface area contributed by atoms with Gasteiger partial charge < -0.3 is 10.6 Å². The van der Waals surface area contributed by atoms with Crippen molar-refractivity contribution in [2.75, 3.05) is 19.6 Å². The Labute approximate surface area is 123 Å². The number of hydrogen-bond acceptors (Lipinski definition) is 2. The molecule has 1 amide bonds. The van der Waals surface area contributed by atoms with Gasteiger partial charge in [0.25, 0.3) is 0 Å². The molecule has 1 aliphatic rings. The summed E-state index contributed by atoms with van der Waals surface area (Å²) in [5.74, 6) is 0.247. The molecule has 0 saturated carbocycles. The first kappa shape index (κ1) is 14.5. The first-order valence-electron chi connectivity index (χ1n) is 6.75. The lowest BCUT2D eigenvalue weighted by Gasteiger charge is -2.22. The van der Waals surface area contributed by atoms with E-state index < -0.39 is 0 Å². The van der Waals surface area contributed by atoms with E-state index in [1.807, 2.05) is 17.0 Å². The fourth-order valence-corrected chi connectivity index (χ4v) is 2.95. The molecule has 3 nitrogen and oxygen atoms in total. The molecule has 2 rings (SSSR count). The number of amides is 1. The lowest BCUT2D eigenvalue weighted by molar-refractivity contribution is -0.130. The molecule has 0 bridgehead atoms. The third-order valence-electron chi connectivity index (χ3n) is 3.92. The van der Waals surface area contributed by atoms with Gasteiger partial charge in [0.1, 0.15) is 0 Å². The minimum atomic E-state index is 0.117. The van der Waals surface area contributed by atoms with Crippen LogP contribution in [0.5, 0.6) is 0 Å². The highest BCUT2D eigenvalue weighted by Gasteiger charge is 2.34. The number of nitrogens with zero attached hydrogens (tertiary/aromatic N) is 1. The molecule has 1 aliphatic heterocycles. The first-order valence-corrected chi connectivity index (χ1v) is 7.54. The van der Waals surface area contributed by atoms with Gasteiger partial charge in [-0.25, -0.2) is 0 Å². The highest BCUT2D eigenvalue weighted by Crippen LogP contribution is 2.29. The van der Waals surface area contributed by atoms with E-state index in [2.05, 4.69) is 35.0 Å². The molecule has 1 fully saturated rings. The third-order valence-corrected chi connectivity index (χ3v) is 4.41. The van der Waals surface area contributed by atoms with Crippen molar-refractivity contribution in [3.63, 3.8) is 0 Å². The fourth-order valence-electron chi connectivity index (χ4n) is 2.51. The zero-order chi connectivity index (χ0) is 13.9. The second-order valence-electron chi connectivity index (χ2n) is 5.71. The van der Waals surface area contributed by atoms with Gasteiger partial charge in [-0.3, -0.25) is 4.79 Å². The van der Waals surface area contributed by atoms with E-state index in [0.29, 0.717) is 13.0 Å². The topological polar surface area (TPSA) is 46.3 Å². The number of halogens is 1. The summed E-state index contributed by atoms with van der Waals surface area (Å²) >= 11 is 3.45. The number of carbonyl (C=O) groups is 1. The van der Waals surface area contributed by atoms with Crippen molar-refractivity contribution < 1.29 is 4.79 Å². The molecule has 4 heteroatoms. The average molecular weight is 325 g/mol. The van der Waals surface area contributed by atoms with Crippen LogP contribution in [-0.2, 0) is 11.2 Å². The molecule has 19 heavy (non-hydrogen) atoms. The van der Waals surface area contributed by atoms with Crippen LogP contribution in [0.3, 0.4) is 0 Å². The van der Waals surface area contributed by atoms with E-state index >= 15 is 0 Å². The molecule has 0 radical (unpaired) electrons. The summed E-state index contributed by atoms with van der Waals surface area (Å²) in [4.78, 5) is 14.1. The van der Waals surface area contributed by atoms with Crippen LogP contribution in [0.15, 0.2) is 28.7 Å². The summed E-state index contributed by atoms with van der Waals surface area (Å²) in [7, 11) is 0. The van der Waals surface area contributed by atoms with Crippen molar-refractivity contribution in [1.29, 1.82) is 0 Å². The normalized spacial score (nSPS) is 22.8. The number of benzene rings is 1. The molecule has 2 N–H and O–H groups in total. The van der Waals surface area contributed by atoms with Gasteiger partial charge in [0, 0.05) is 24.0 Å². The number of hydrogen-bond donors (Lipinski definition) is 1. The standard InChI is InChI=1S/C15H21BrN2O/c1-15(10-17)7-8-18(11-15)14(19)6-5-12-3-2-4-13(16)9-12/h2-4,9H,5-8,10-11,17H2,1H3. The molecular weight excluding hydrogens is 304 g/mol. The molecule has 1 unspecified atom stereocenters. The average Bonchev–Trinajstić information content (AvgIpc) is 2.80. The summed E-state index contributed by atoms with van der Waals surface area (Å²) in [5, 5.41) is 0. The Bertz CT molecular complexity index is 463. The van der Waals surface area contributed by atoms with Crippen LogP contribution in [0.2, 0.25) is 0 Å². The molecule has 1 heterocycles. The second-order valence-corrected chi connectivity index (χ2v) is 6.63. The molecule has 104 valence electrons. The van der Waals surface area contributed by atoms with Crippen molar-refractivity contribution in [3.8, 4) is 0 Å². The van der Waals surface area contributed by atoms with Gasteiger partial charge in [-0.2, -0.15) is 0 Å². The predicted octanol–water partition coefficient (Wildman–Crippen LogP) is 2.58. The van der Waals surface area contributed by atoms with E-state index in [-0.39, 0.29) is 11.3 Å². The lowest BCUT2D eigenvalue weighted by atomic mass is 9.90. The number of likely N-dealkylation sites (tertiary alicyclic amines) is 1. The highest BCUT2D eigenvalue weighted by atomic mass is 79.9. The van der Waals surface area contributed by atoms with Crippen LogP contribution >= 0.6 is 15.9 Å². The monoisotopic (exact) mass is 324 g/mol. The maximum atomic E-state index is 12.2. The Morgan fingerprint density at radius 2 is 2.32 bits per heavy atom. The van der Waals surface area contributed by atoms with E-state index in [4.69, 9.17) is 5.73 Å². The minimum absolute atomic E-state index is 0.117. The van der Waals surface area contributed by atoms with Gasteiger partial charge in [0.05, 0.1) is 0 Å². The van der Waals surface area contributed by atoms with Crippen molar-refractivity contribution in [1.82, 2.24) is 4.90 Å². The van der Waals surface area contributed by atoms with Crippen molar-refractivity contribution >= 4 is 21.8 Å². The second kappa shape index (κ2) is 6.06. The summed E-state index contributed by atoms with van der Waals surface area (Å²) in [6.45, 7) is 4.48. The Morgan fingerprint density at radius 3 is 2.95 bits per heavy atom. The van der Waals surface area contributed by atoms with Gasteiger partial charge >= 0.3 is 0 Å². The third kappa shape index (κ3) is 3.80. The quantitative estimate of drug-likeness (QED) is 0.925. The number of carbonyl (C=O) groups excluding carboxylic acids is 1. The Morgan fingerprint density at radius 1 is 1.53 bits per heavy atom. The van der Waals surface area contributed by atoms with Gasteiger partial charge in [0.15, 0.2) is 0 Å². The largest absolute Gasteiger partial charge is 0.342 e. The molecule has 1 atom stereocenters. The SMILES string of the molecule is CC1(CN)CCN(C(=O)CCc2cccc(Br)c2)C1. The zero-order valence-corrected chi connectivity index (χ0v) is 12.9. The predicted molar refractivity (Wildman–Crippen MR) is 80.8 cm³/mol. The Kier molecular flexibility index (Phi) is 4.63. The molecule has 1 aromatic rings. The molecule has 0 aliphatic carbocycles. The Hall–Kier alpha value is -0.870. The van der Waals surface area contributed by atoms with Crippen molar-refractivity contribution in [2.45, 2.75) is 26.2 Å². The zero-order valence-electron chi connectivity index (χ0n) is 11.4. The smallest absolute Gasteiger partial charge is 0.222 e. The van der Waals surface area contributed by atoms with Crippen LogP contribution in [0.4, 0.5) is 0 Å². The fraction of sp³-hybridized carbons (Fsp3) is 0.533. The summed E-state index contributed by atoms with van der Waals surface area (Å²) in [6, 6.07) is 8.14. The molecule has 1 saturated heterocycles. The summed E-state index contributed by atoms with van der Waals surface area (Å²) in [5.41, 5.74) is 7.08. The summed E-state index contributed by atoms with van der Waals surface area (Å²) in [6.07, 6.45) is 2.40. The lowest BCUT2D eigenvalue weighted by Crippen LogP contribution is -2.34. The summed E-state index contributed by atoms with van der Waals surface area (Å²) < 4.78 is 1.06. The molecule has 0 spiro atoms. The van der Waals surface area contributed by atoms with Crippen LogP contribution in [0.1, 0.15) is 25.3 Å². The Balaban J connectivity index is 1.86. The van der Waals surface area contributed by atoms with Crippen LogP contribution in [0.25, 0.3) is 0 Å².